The molecule has 3 nitrogen and oxygen atoms in total. The Labute approximate surface area is 151 Å². The number of benzene rings is 2. The maximum absolute atomic E-state index is 5.97. The Morgan fingerprint density at radius 1 is 0.920 bits per heavy atom. The van der Waals surface area contributed by atoms with E-state index in [0.717, 1.165) is 28.5 Å². The van der Waals surface area contributed by atoms with Crippen molar-refractivity contribution in [2.24, 2.45) is 0 Å². The normalized spacial score (nSPS) is 11.1. The van der Waals surface area contributed by atoms with Gasteiger partial charge in [-0.3, -0.25) is 0 Å². The predicted octanol–water partition coefficient (Wildman–Crippen LogP) is 5.04. The van der Waals surface area contributed by atoms with Gasteiger partial charge in [-0.1, -0.05) is 41.9 Å². The maximum Gasteiger partial charge on any atom is 0.137 e. The molecule has 2 heterocycles. The molecule has 4 heteroatoms. The van der Waals surface area contributed by atoms with E-state index in [1.165, 1.54) is 16.7 Å². The van der Waals surface area contributed by atoms with E-state index in [2.05, 4.69) is 58.5 Å². The first-order valence-electron chi connectivity index (χ1n) is 8.21. The summed E-state index contributed by atoms with van der Waals surface area (Å²) in [7, 11) is 1.96. The van der Waals surface area contributed by atoms with Crippen molar-refractivity contribution in [2.45, 2.75) is 6.54 Å². The number of aromatic nitrogens is 2. The zero-order chi connectivity index (χ0) is 17.2. The first kappa shape index (κ1) is 15.9. The summed E-state index contributed by atoms with van der Waals surface area (Å²) in [5.41, 5.74) is 6.58. The molecule has 0 bridgehead atoms. The molecule has 0 saturated heterocycles. The molecule has 0 aliphatic carbocycles. The van der Waals surface area contributed by atoms with Crippen molar-refractivity contribution in [3.05, 3.63) is 83.6 Å². The molecule has 0 spiro atoms. The van der Waals surface area contributed by atoms with Crippen LogP contribution < -0.4 is 5.32 Å². The quantitative estimate of drug-likeness (QED) is 0.560. The molecular weight excluding hydrogens is 330 g/mol. The predicted molar refractivity (Wildman–Crippen MR) is 104 cm³/mol. The van der Waals surface area contributed by atoms with E-state index in [-0.39, 0.29) is 0 Å². The average molecular weight is 348 g/mol. The van der Waals surface area contributed by atoms with Gasteiger partial charge in [0.05, 0.1) is 5.69 Å². The van der Waals surface area contributed by atoms with E-state index in [0.29, 0.717) is 0 Å². The van der Waals surface area contributed by atoms with Crippen LogP contribution in [0.5, 0.6) is 0 Å². The van der Waals surface area contributed by atoms with Crippen molar-refractivity contribution < 1.29 is 0 Å². The minimum atomic E-state index is 0.733. The van der Waals surface area contributed by atoms with E-state index >= 15 is 0 Å². The molecule has 0 saturated carbocycles. The molecule has 0 aliphatic rings. The molecule has 4 rings (SSSR count). The summed E-state index contributed by atoms with van der Waals surface area (Å²) in [5, 5.41) is 3.93. The second-order valence-corrected chi connectivity index (χ2v) is 6.48. The number of nitrogens with one attached hydrogen (secondary N) is 1. The number of pyridine rings is 1. The third kappa shape index (κ3) is 3.29. The standard InChI is InChI=1S/C21H18ClN3/c1-23-12-15-3-2-4-17(11-15)18-7-10-21-24-20(14-25(21)13-18)16-5-8-19(22)9-6-16/h2-11,13-14,23H,12H2,1H3. The Balaban J connectivity index is 1.73. The van der Waals surface area contributed by atoms with Crippen LogP contribution >= 0.6 is 11.6 Å². The summed E-state index contributed by atoms with van der Waals surface area (Å²) in [4.78, 5) is 4.70. The van der Waals surface area contributed by atoms with Crippen LogP contribution in [0.3, 0.4) is 0 Å². The smallest absolute Gasteiger partial charge is 0.137 e. The second kappa shape index (κ2) is 6.71. The lowest BCUT2D eigenvalue weighted by atomic mass is 10.0. The number of imidazole rings is 1. The van der Waals surface area contributed by atoms with Gasteiger partial charge in [-0.05, 0) is 54.1 Å². The Morgan fingerprint density at radius 3 is 2.52 bits per heavy atom. The van der Waals surface area contributed by atoms with Crippen LogP contribution in [0, 0.1) is 0 Å². The van der Waals surface area contributed by atoms with E-state index in [1.54, 1.807) is 0 Å². The fourth-order valence-corrected chi connectivity index (χ4v) is 3.11. The van der Waals surface area contributed by atoms with Crippen LogP contribution in [0.2, 0.25) is 5.02 Å². The van der Waals surface area contributed by atoms with Crippen molar-refractivity contribution in [3.63, 3.8) is 0 Å². The summed E-state index contributed by atoms with van der Waals surface area (Å²) in [5.74, 6) is 0. The van der Waals surface area contributed by atoms with Gasteiger partial charge < -0.3 is 9.72 Å². The fourth-order valence-electron chi connectivity index (χ4n) is 2.99. The summed E-state index contributed by atoms with van der Waals surface area (Å²) in [6.07, 6.45) is 4.18. The van der Waals surface area contributed by atoms with Crippen LogP contribution in [0.4, 0.5) is 0 Å². The van der Waals surface area contributed by atoms with E-state index in [9.17, 15) is 0 Å². The van der Waals surface area contributed by atoms with Gasteiger partial charge >= 0.3 is 0 Å². The van der Waals surface area contributed by atoms with Gasteiger partial charge in [-0.25, -0.2) is 4.98 Å². The summed E-state index contributed by atoms with van der Waals surface area (Å²) in [6.45, 7) is 0.863. The molecular formula is C21H18ClN3. The van der Waals surface area contributed by atoms with Gasteiger partial charge in [0.1, 0.15) is 5.65 Å². The topological polar surface area (TPSA) is 29.3 Å². The molecule has 4 aromatic rings. The van der Waals surface area contributed by atoms with Crippen LogP contribution in [-0.4, -0.2) is 16.4 Å². The highest BCUT2D eigenvalue weighted by atomic mass is 35.5. The molecule has 0 radical (unpaired) electrons. The van der Waals surface area contributed by atoms with E-state index < -0.39 is 0 Å². The monoisotopic (exact) mass is 347 g/mol. The lowest BCUT2D eigenvalue weighted by Crippen LogP contribution is -2.04. The highest BCUT2D eigenvalue weighted by Crippen LogP contribution is 2.25. The molecule has 124 valence electrons. The zero-order valence-electron chi connectivity index (χ0n) is 13.9. The Morgan fingerprint density at radius 2 is 1.72 bits per heavy atom. The van der Waals surface area contributed by atoms with Crippen molar-refractivity contribution >= 4 is 17.2 Å². The molecule has 0 amide bonds. The molecule has 0 unspecified atom stereocenters. The van der Waals surface area contributed by atoms with Crippen molar-refractivity contribution in [2.75, 3.05) is 7.05 Å². The highest BCUT2D eigenvalue weighted by Gasteiger charge is 2.06. The Bertz CT molecular complexity index is 1020. The van der Waals surface area contributed by atoms with Crippen LogP contribution in [0.25, 0.3) is 28.0 Å². The molecule has 0 aliphatic heterocycles. The zero-order valence-corrected chi connectivity index (χ0v) is 14.7. The number of nitrogens with zero attached hydrogens (tertiary/aromatic N) is 2. The number of fused-ring (bicyclic) bond motifs is 1. The lowest BCUT2D eigenvalue weighted by Gasteiger charge is -2.06. The maximum atomic E-state index is 5.97. The van der Waals surface area contributed by atoms with Gasteiger partial charge in [0.15, 0.2) is 0 Å². The van der Waals surface area contributed by atoms with Gasteiger partial charge in [-0.15, -0.1) is 0 Å². The molecule has 25 heavy (non-hydrogen) atoms. The summed E-state index contributed by atoms with van der Waals surface area (Å²) >= 11 is 5.97. The fraction of sp³-hybridized carbons (Fsp3) is 0.0952. The summed E-state index contributed by atoms with van der Waals surface area (Å²) < 4.78 is 2.07. The largest absolute Gasteiger partial charge is 0.316 e. The number of hydrogen-bond donors (Lipinski definition) is 1. The van der Waals surface area contributed by atoms with Crippen LogP contribution in [0.15, 0.2) is 73.1 Å². The lowest BCUT2D eigenvalue weighted by molar-refractivity contribution is 0.818. The average Bonchev–Trinajstić information content (AvgIpc) is 3.06. The van der Waals surface area contributed by atoms with Gasteiger partial charge in [0.25, 0.3) is 0 Å². The minimum Gasteiger partial charge on any atom is -0.316 e. The molecule has 2 aromatic carbocycles. The van der Waals surface area contributed by atoms with Gasteiger partial charge in [-0.2, -0.15) is 0 Å². The van der Waals surface area contributed by atoms with Gasteiger partial charge in [0, 0.05) is 29.5 Å². The molecule has 2 aromatic heterocycles. The minimum absolute atomic E-state index is 0.733. The van der Waals surface area contributed by atoms with Crippen LogP contribution in [0.1, 0.15) is 5.56 Å². The van der Waals surface area contributed by atoms with E-state index in [4.69, 9.17) is 16.6 Å². The Hall–Kier alpha value is -2.62. The van der Waals surface area contributed by atoms with Crippen molar-refractivity contribution in [3.8, 4) is 22.4 Å². The third-order valence-electron chi connectivity index (χ3n) is 4.23. The third-order valence-corrected chi connectivity index (χ3v) is 4.48. The number of halogens is 1. The molecule has 0 atom stereocenters. The molecule has 0 fully saturated rings. The number of rotatable bonds is 4. The summed E-state index contributed by atoms with van der Waals surface area (Å²) in [6, 6.07) is 20.5. The van der Waals surface area contributed by atoms with Crippen LogP contribution in [-0.2, 0) is 6.54 Å². The SMILES string of the molecule is CNCc1cccc(-c2ccc3nc(-c4ccc(Cl)cc4)cn3c2)c1. The first-order chi connectivity index (χ1) is 12.2. The first-order valence-corrected chi connectivity index (χ1v) is 8.59. The van der Waals surface area contributed by atoms with Gasteiger partial charge in [0.2, 0.25) is 0 Å². The highest BCUT2D eigenvalue weighted by molar-refractivity contribution is 6.30. The van der Waals surface area contributed by atoms with E-state index in [1.807, 2.05) is 31.3 Å². The Kier molecular flexibility index (Phi) is 4.26. The second-order valence-electron chi connectivity index (χ2n) is 6.05. The number of hydrogen-bond acceptors (Lipinski definition) is 2. The van der Waals surface area contributed by atoms with Crippen molar-refractivity contribution in [1.82, 2.24) is 14.7 Å². The van der Waals surface area contributed by atoms with Crippen molar-refractivity contribution in [1.29, 1.82) is 0 Å². The molecule has 1 N–H and O–H groups in total.